The molecule has 116 valence electrons. The second-order valence-corrected chi connectivity index (χ2v) is 6.09. The number of anilines is 1. The molecular weight excluding hydrogens is 311 g/mol. The van der Waals surface area contributed by atoms with E-state index in [1.807, 2.05) is 4.90 Å². The van der Waals surface area contributed by atoms with E-state index in [-0.39, 0.29) is 19.1 Å². The fourth-order valence-electron chi connectivity index (χ4n) is 2.77. The van der Waals surface area contributed by atoms with Crippen LogP contribution in [0.2, 0.25) is 10.0 Å². The van der Waals surface area contributed by atoms with Crippen LogP contribution in [0.4, 0.5) is 5.69 Å². The van der Waals surface area contributed by atoms with Crippen molar-refractivity contribution in [2.45, 2.75) is 31.7 Å². The molecule has 1 fully saturated rings. The molecule has 1 aliphatic carbocycles. The van der Waals surface area contributed by atoms with Gasteiger partial charge in [-0.15, -0.1) is 0 Å². The van der Waals surface area contributed by atoms with Crippen molar-refractivity contribution in [2.24, 2.45) is 0 Å². The minimum atomic E-state index is -0.162. The van der Waals surface area contributed by atoms with Crippen molar-refractivity contribution in [3.8, 4) is 0 Å². The predicted octanol–water partition coefficient (Wildman–Crippen LogP) is 3.17. The number of carbonyl (C=O) groups excluding carboxylic acids is 1. The lowest BCUT2D eigenvalue weighted by atomic mass is 10.2. The van der Waals surface area contributed by atoms with E-state index in [2.05, 4.69) is 5.32 Å². The number of rotatable bonds is 6. The fraction of sp³-hybridized carbons (Fsp3) is 0.533. The Balaban J connectivity index is 1.98. The predicted molar refractivity (Wildman–Crippen MR) is 86.0 cm³/mol. The van der Waals surface area contributed by atoms with Crippen LogP contribution in [0.15, 0.2) is 18.2 Å². The smallest absolute Gasteiger partial charge is 0.238 e. The van der Waals surface area contributed by atoms with Gasteiger partial charge in [0.25, 0.3) is 0 Å². The molecule has 0 bridgehead atoms. The van der Waals surface area contributed by atoms with E-state index in [1.165, 1.54) is 12.8 Å². The maximum atomic E-state index is 12.2. The first-order valence-electron chi connectivity index (χ1n) is 7.20. The Morgan fingerprint density at radius 1 is 1.29 bits per heavy atom. The lowest BCUT2D eigenvalue weighted by Crippen LogP contribution is -2.41. The molecule has 0 spiro atoms. The van der Waals surface area contributed by atoms with E-state index >= 15 is 0 Å². The van der Waals surface area contributed by atoms with Crippen LogP contribution in [0.25, 0.3) is 0 Å². The number of hydrogen-bond acceptors (Lipinski definition) is 3. The number of nitrogens with one attached hydrogen (secondary N) is 1. The van der Waals surface area contributed by atoms with Crippen LogP contribution in [0.5, 0.6) is 0 Å². The van der Waals surface area contributed by atoms with Crippen LogP contribution in [-0.4, -0.2) is 41.7 Å². The highest BCUT2D eigenvalue weighted by molar-refractivity contribution is 6.39. The summed E-state index contributed by atoms with van der Waals surface area (Å²) in [5, 5.41) is 12.8. The third-order valence-electron chi connectivity index (χ3n) is 3.80. The summed E-state index contributed by atoms with van der Waals surface area (Å²) < 4.78 is 0. The first-order chi connectivity index (χ1) is 10.1. The van der Waals surface area contributed by atoms with Gasteiger partial charge in [-0.05, 0) is 25.0 Å². The lowest BCUT2D eigenvalue weighted by molar-refractivity contribution is -0.118. The zero-order valence-electron chi connectivity index (χ0n) is 11.8. The second-order valence-electron chi connectivity index (χ2n) is 5.28. The average Bonchev–Trinajstić information content (AvgIpc) is 2.97. The van der Waals surface area contributed by atoms with Gasteiger partial charge in [0.2, 0.25) is 5.91 Å². The fourth-order valence-corrected chi connectivity index (χ4v) is 3.26. The highest BCUT2D eigenvalue weighted by Crippen LogP contribution is 2.30. The molecule has 0 heterocycles. The molecule has 0 atom stereocenters. The number of hydrogen-bond donors (Lipinski definition) is 2. The van der Waals surface area contributed by atoms with Crippen molar-refractivity contribution in [3.05, 3.63) is 28.2 Å². The normalized spacial score (nSPS) is 15.6. The molecule has 1 saturated carbocycles. The minimum absolute atomic E-state index is 0.0522. The molecule has 0 aliphatic heterocycles. The standard InChI is InChI=1S/C15H20Cl2N2O2/c16-12-6-3-7-13(17)15(12)18-14(21)10-19(8-9-20)11-4-1-2-5-11/h3,6-7,11,20H,1-2,4-5,8-10H2,(H,18,21). The zero-order valence-corrected chi connectivity index (χ0v) is 13.3. The average molecular weight is 331 g/mol. The topological polar surface area (TPSA) is 52.6 Å². The highest BCUT2D eigenvalue weighted by atomic mass is 35.5. The summed E-state index contributed by atoms with van der Waals surface area (Å²) in [6.45, 7) is 0.803. The molecule has 6 heteroatoms. The molecule has 0 saturated heterocycles. The van der Waals surface area contributed by atoms with E-state index in [0.717, 1.165) is 12.8 Å². The molecule has 4 nitrogen and oxygen atoms in total. The Morgan fingerprint density at radius 2 is 1.90 bits per heavy atom. The zero-order chi connectivity index (χ0) is 15.2. The maximum Gasteiger partial charge on any atom is 0.238 e. The first kappa shape index (κ1) is 16.6. The van der Waals surface area contributed by atoms with Gasteiger partial charge in [0.15, 0.2) is 0 Å². The third-order valence-corrected chi connectivity index (χ3v) is 4.43. The summed E-state index contributed by atoms with van der Waals surface area (Å²) in [6, 6.07) is 5.48. The molecule has 1 aromatic carbocycles. The molecule has 1 aromatic rings. The molecule has 0 radical (unpaired) electrons. The summed E-state index contributed by atoms with van der Waals surface area (Å²) in [5.41, 5.74) is 0.446. The number of aliphatic hydroxyl groups excluding tert-OH is 1. The van der Waals surface area contributed by atoms with Crippen molar-refractivity contribution in [2.75, 3.05) is 25.0 Å². The van der Waals surface area contributed by atoms with E-state index in [1.54, 1.807) is 18.2 Å². The number of halogens is 2. The molecule has 1 aliphatic rings. The van der Waals surface area contributed by atoms with E-state index in [4.69, 9.17) is 23.2 Å². The minimum Gasteiger partial charge on any atom is -0.395 e. The molecule has 1 amide bonds. The number of amides is 1. The maximum absolute atomic E-state index is 12.2. The highest BCUT2D eigenvalue weighted by Gasteiger charge is 2.24. The number of nitrogens with zero attached hydrogens (tertiary/aromatic N) is 1. The Morgan fingerprint density at radius 3 is 2.48 bits per heavy atom. The molecule has 2 N–H and O–H groups in total. The molecule has 21 heavy (non-hydrogen) atoms. The molecule has 2 rings (SSSR count). The van der Waals surface area contributed by atoms with Gasteiger partial charge in [-0.1, -0.05) is 42.1 Å². The van der Waals surface area contributed by atoms with Gasteiger partial charge in [-0.2, -0.15) is 0 Å². The first-order valence-corrected chi connectivity index (χ1v) is 7.96. The SMILES string of the molecule is O=C(CN(CCO)C1CCCC1)Nc1c(Cl)cccc1Cl. The van der Waals surface area contributed by atoms with E-state index < -0.39 is 0 Å². The lowest BCUT2D eigenvalue weighted by Gasteiger charge is -2.27. The number of para-hydroxylation sites is 1. The van der Waals surface area contributed by atoms with Crippen molar-refractivity contribution >= 4 is 34.8 Å². The monoisotopic (exact) mass is 330 g/mol. The van der Waals surface area contributed by atoms with Crippen LogP contribution in [0, 0.1) is 0 Å². The van der Waals surface area contributed by atoms with Gasteiger partial charge < -0.3 is 10.4 Å². The van der Waals surface area contributed by atoms with Crippen LogP contribution in [0.1, 0.15) is 25.7 Å². The van der Waals surface area contributed by atoms with Gasteiger partial charge in [0.1, 0.15) is 0 Å². The summed E-state index contributed by atoms with van der Waals surface area (Å²) >= 11 is 12.1. The third kappa shape index (κ3) is 4.58. The Kier molecular flexibility index (Phi) is 6.30. The van der Waals surface area contributed by atoms with Gasteiger partial charge >= 0.3 is 0 Å². The largest absolute Gasteiger partial charge is 0.395 e. The van der Waals surface area contributed by atoms with Crippen LogP contribution in [0.3, 0.4) is 0 Å². The van der Waals surface area contributed by atoms with Crippen molar-refractivity contribution in [3.63, 3.8) is 0 Å². The molecule has 0 unspecified atom stereocenters. The summed E-state index contributed by atoms with van der Waals surface area (Å²) in [7, 11) is 0. The van der Waals surface area contributed by atoms with Crippen LogP contribution >= 0.6 is 23.2 Å². The number of aliphatic hydroxyl groups is 1. The van der Waals surface area contributed by atoms with Crippen molar-refractivity contribution in [1.82, 2.24) is 4.90 Å². The second kappa shape index (κ2) is 7.99. The van der Waals surface area contributed by atoms with Crippen LogP contribution < -0.4 is 5.32 Å². The summed E-state index contributed by atoms with van der Waals surface area (Å²) in [5.74, 6) is -0.162. The summed E-state index contributed by atoms with van der Waals surface area (Å²) in [4.78, 5) is 14.2. The number of benzene rings is 1. The van der Waals surface area contributed by atoms with Gasteiger partial charge in [0, 0.05) is 12.6 Å². The van der Waals surface area contributed by atoms with E-state index in [0.29, 0.717) is 28.3 Å². The van der Waals surface area contributed by atoms with Crippen molar-refractivity contribution < 1.29 is 9.90 Å². The Hall–Kier alpha value is -0.810. The number of carbonyl (C=O) groups is 1. The van der Waals surface area contributed by atoms with Crippen LogP contribution in [-0.2, 0) is 4.79 Å². The molecular formula is C15H20Cl2N2O2. The Bertz CT molecular complexity index is 470. The Labute approximate surface area is 135 Å². The quantitative estimate of drug-likeness (QED) is 0.842. The van der Waals surface area contributed by atoms with E-state index in [9.17, 15) is 9.90 Å². The summed E-state index contributed by atoms with van der Waals surface area (Å²) in [6.07, 6.45) is 4.54. The van der Waals surface area contributed by atoms with Gasteiger partial charge in [-0.3, -0.25) is 9.69 Å². The molecule has 0 aromatic heterocycles. The van der Waals surface area contributed by atoms with Crippen molar-refractivity contribution in [1.29, 1.82) is 0 Å². The van der Waals surface area contributed by atoms with Gasteiger partial charge in [0.05, 0.1) is 28.9 Å². The van der Waals surface area contributed by atoms with Gasteiger partial charge in [-0.25, -0.2) is 0 Å².